The second-order valence-electron chi connectivity index (χ2n) is 14.7. The summed E-state index contributed by atoms with van der Waals surface area (Å²) < 4.78 is 40.3. The predicted octanol–water partition coefficient (Wildman–Crippen LogP) is 6.66. The number of amides is 1. The normalized spacial score (nSPS) is 25.9. The third-order valence-electron chi connectivity index (χ3n) is 11.2. The quantitative estimate of drug-likeness (QED) is 0.0471. The van der Waals surface area contributed by atoms with Gasteiger partial charge in [-0.2, -0.15) is 0 Å². The molecule has 0 aromatic heterocycles. The fourth-order valence-electron chi connectivity index (χ4n) is 8.73. The van der Waals surface area contributed by atoms with Crippen molar-refractivity contribution in [2.24, 2.45) is 22.9 Å². The molecule has 11 nitrogen and oxygen atoms in total. The second kappa shape index (κ2) is 19.5. The molecular weight excluding hydrogens is 729 g/mol. The fraction of sp³-hybridized carbons (Fsp3) is 0.571. The van der Waals surface area contributed by atoms with Gasteiger partial charge in [-0.15, -0.1) is 18.2 Å². The standard InChI is InChI=1S/C42H55ClFN3O8/c1-3-22-54-42-38(47(41(50)53-23-16-43)28-29-10-12-31(44)13-11-29)27-36(45-51-2)34-25-30(8-4-6-20-48)33(9-5-7-21-49)39(40(34)42)35-26-32(14-15-37(35)55-42)52-24-19-46-17-18-46/h3,10-15,25-26,30,33,38-40,48-49H,1,4-9,16-24,27-28H2,2H3/t30-,33+,38-,39+,40+,42+/m0/s1. The van der Waals surface area contributed by atoms with Crippen molar-refractivity contribution >= 4 is 23.4 Å². The lowest BCUT2D eigenvalue weighted by atomic mass is 9.55. The number of unbranched alkanes of at least 4 members (excludes halogenated alkanes) is 2. The monoisotopic (exact) mass is 783 g/mol. The average molecular weight is 784 g/mol. The first-order chi connectivity index (χ1) is 26.9. The predicted molar refractivity (Wildman–Crippen MR) is 208 cm³/mol. The van der Waals surface area contributed by atoms with Gasteiger partial charge >= 0.3 is 6.09 Å². The number of aliphatic hydroxyl groups is 2. The maximum absolute atomic E-state index is 14.2. The first kappa shape index (κ1) is 41.0. The van der Waals surface area contributed by atoms with Gasteiger partial charge in [0.2, 0.25) is 5.79 Å². The first-order valence-corrected chi connectivity index (χ1v) is 20.1. The van der Waals surface area contributed by atoms with Crippen molar-refractivity contribution in [3.05, 3.63) is 83.7 Å². The minimum atomic E-state index is -1.46. The molecule has 1 saturated carbocycles. The van der Waals surface area contributed by atoms with Crippen molar-refractivity contribution in [3.8, 4) is 11.5 Å². The minimum Gasteiger partial charge on any atom is -0.492 e. The number of carbonyl (C=O) groups excluding carboxylic acids is 1. The molecule has 0 radical (unpaired) electrons. The molecule has 55 heavy (non-hydrogen) atoms. The zero-order valence-electron chi connectivity index (χ0n) is 31.8. The van der Waals surface area contributed by atoms with E-state index in [-0.39, 0.29) is 68.8 Å². The lowest BCUT2D eigenvalue weighted by molar-refractivity contribution is -0.256. The van der Waals surface area contributed by atoms with E-state index in [0.717, 1.165) is 62.2 Å². The van der Waals surface area contributed by atoms with Crippen LogP contribution in [0.4, 0.5) is 9.18 Å². The Labute approximate surface area is 328 Å². The van der Waals surface area contributed by atoms with Crippen LogP contribution in [-0.4, -0.2) is 109 Å². The summed E-state index contributed by atoms with van der Waals surface area (Å²) in [5.74, 6) is -0.894. The van der Waals surface area contributed by atoms with E-state index >= 15 is 0 Å². The SMILES string of the molecule is C=CCO[C@@]12Oc3ccc(OCCN4CC4)cc3[C@H]3[C@H](CCCCO)[C@@H](CCCCO)C=C(C(=NOC)C[C@@H]1N(Cc1ccc(F)cc1)C(=O)OCCCl)[C@H]32. The van der Waals surface area contributed by atoms with E-state index in [4.69, 9.17) is 35.4 Å². The van der Waals surface area contributed by atoms with Crippen LogP contribution in [-0.2, 0) is 20.9 Å². The molecule has 2 heterocycles. The molecule has 4 aliphatic rings. The van der Waals surface area contributed by atoms with Crippen LogP contribution in [0, 0.1) is 23.6 Å². The van der Waals surface area contributed by atoms with Crippen molar-refractivity contribution < 1.29 is 43.2 Å². The molecule has 13 heteroatoms. The lowest BCUT2D eigenvalue weighted by Crippen LogP contribution is -2.70. The Kier molecular flexibility index (Phi) is 14.5. The summed E-state index contributed by atoms with van der Waals surface area (Å²) in [4.78, 5) is 23.7. The lowest BCUT2D eigenvalue weighted by Gasteiger charge is -2.59. The number of benzene rings is 2. The number of ether oxygens (including phenoxy) is 4. The van der Waals surface area contributed by atoms with Gasteiger partial charge in [0.05, 0.1) is 24.1 Å². The molecule has 0 unspecified atom stereocenters. The number of allylic oxidation sites excluding steroid dienone is 1. The largest absolute Gasteiger partial charge is 0.492 e. The van der Waals surface area contributed by atoms with E-state index in [1.165, 1.54) is 19.2 Å². The third-order valence-corrected chi connectivity index (χ3v) is 11.4. The molecule has 2 N–H and O–H groups in total. The maximum Gasteiger partial charge on any atom is 0.410 e. The fourth-order valence-corrected chi connectivity index (χ4v) is 8.81. The highest BCUT2D eigenvalue weighted by molar-refractivity contribution is 6.18. The van der Waals surface area contributed by atoms with Crippen LogP contribution in [0.3, 0.4) is 0 Å². The van der Waals surface area contributed by atoms with E-state index in [1.54, 1.807) is 23.1 Å². The molecule has 300 valence electrons. The molecule has 0 spiro atoms. The second-order valence-corrected chi connectivity index (χ2v) is 15.1. The maximum atomic E-state index is 14.2. The van der Waals surface area contributed by atoms with Crippen LogP contribution in [0.2, 0.25) is 0 Å². The number of aliphatic hydroxyl groups excluding tert-OH is 2. The number of fused-ring (bicyclic) bond motifs is 2. The van der Waals surface area contributed by atoms with Crippen LogP contribution < -0.4 is 9.47 Å². The van der Waals surface area contributed by atoms with Gasteiger partial charge in [0.1, 0.15) is 43.7 Å². The van der Waals surface area contributed by atoms with Crippen LogP contribution in [0.15, 0.2) is 71.9 Å². The van der Waals surface area contributed by atoms with Crippen molar-refractivity contribution in [1.29, 1.82) is 0 Å². The van der Waals surface area contributed by atoms with E-state index < -0.39 is 23.8 Å². The molecule has 2 aromatic carbocycles. The molecule has 0 bridgehead atoms. The molecule has 1 amide bonds. The molecule has 2 aliphatic carbocycles. The highest BCUT2D eigenvalue weighted by Crippen LogP contribution is 2.62. The molecule has 2 aliphatic heterocycles. The number of rotatable bonds is 21. The van der Waals surface area contributed by atoms with Gasteiger partial charge in [-0.3, -0.25) is 9.80 Å². The number of hydrogen-bond acceptors (Lipinski definition) is 10. The summed E-state index contributed by atoms with van der Waals surface area (Å²) in [5.41, 5.74) is 3.25. The summed E-state index contributed by atoms with van der Waals surface area (Å²) in [6.45, 7) is 7.93. The minimum absolute atomic E-state index is 0.0174. The van der Waals surface area contributed by atoms with Crippen molar-refractivity contribution in [3.63, 3.8) is 0 Å². The van der Waals surface area contributed by atoms with Gasteiger partial charge in [0, 0.05) is 57.3 Å². The average Bonchev–Trinajstić information content (AvgIpc) is 4.02. The van der Waals surface area contributed by atoms with Crippen molar-refractivity contribution in [2.45, 2.75) is 69.2 Å². The summed E-state index contributed by atoms with van der Waals surface area (Å²) in [6, 6.07) is 11.2. The Morgan fingerprint density at radius 1 is 1.11 bits per heavy atom. The van der Waals surface area contributed by atoms with Gasteiger partial charge in [-0.1, -0.05) is 42.3 Å². The van der Waals surface area contributed by atoms with Gasteiger partial charge in [-0.25, -0.2) is 9.18 Å². The highest BCUT2D eigenvalue weighted by atomic mass is 35.5. The van der Waals surface area contributed by atoms with E-state index in [0.29, 0.717) is 36.5 Å². The van der Waals surface area contributed by atoms with Gasteiger partial charge in [0.15, 0.2) is 0 Å². The van der Waals surface area contributed by atoms with Crippen LogP contribution in [0.25, 0.3) is 0 Å². The number of carbonyl (C=O) groups is 1. The zero-order chi connectivity index (χ0) is 38.8. The number of nitrogens with zero attached hydrogens (tertiary/aromatic N) is 3. The van der Waals surface area contributed by atoms with Crippen LogP contribution in [0.5, 0.6) is 11.5 Å². The number of hydrogen-bond donors (Lipinski definition) is 2. The Morgan fingerprint density at radius 2 is 1.87 bits per heavy atom. The smallest absolute Gasteiger partial charge is 0.410 e. The highest BCUT2D eigenvalue weighted by Gasteiger charge is 2.65. The molecular formula is C42H55ClFN3O8. The summed E-state index contributed by atoms with van der Waals surface area (Å²) in [6.07, 6.45) is 8.15. The summed E-state index contributed by atoms with van der Waals surface area (Å²) in [7, 11) is 1.51. The Bertz CT molecular complexity index is 1660. The summed E-state index contributed by atoms with van der Waals surface area (Å²) >= 11 is 6.01. The summed E-state index contributed by atoms with van der Waals surface area (Å²) in [5, 5.41) is 24.2. The number of alkyl halides is 1. The molecule has 6 rings (SSSR count). The van der Waals surface area contributed by atoms with Crippen LogP contribution in [0.1, 0.15) is 62.0 Å². The van der Waals surface area contributed by atoms with E-state index in [9.17, 15) is 19.4 Å². The molecule has 2 fully saturated rings. The van der Waals surface area contributed by atoms with Gasteiger partial charge in [-0.05, 0) is 79.0 Å². The van der Waals surface area contributed by atoms with Gasteiger partial charge < -0.3 is 34.0 Å². The molecule has 1 saturated heterocycles. The van der Waals surface area contributed by atoms with Crippen molar-refractivity contribution in [2.75, 3.05) is 65.7 Å². The molecule has 2 aromatic rings. The number of halogens is 2. The first-order valence-electron chi connectivity index (χ1n) is 19.6. The Balaban J connectivity index is 1.55. The van der Waals surface area contributed by atoms with Crippen LogP contribution >= 0.6 is 11.6 Å². The van der Waals surface area contributed by atoms with E-state index in [2.05, 4.69) is 28.8 Å². The zero-order valence-corrected chi connectivity index (χ0v) is 32.5. The molecule has 6 atom stereocenters. The third kappa shape index (κ3) is 9.48. The van der Waals surface area contributed by atoms with Crippen molar-refractivity contribution in [1.82, 2.24) is 9.80 Å². The van der Waals surface area contributed by atoms with Gasteiger partial charge in [0.25, 0.3) is 0 Å². The Morgan fingerprint density at radius 3 is 2.56 bits per heavy atom. The van der Waals surface area contributed by atoms with E-state index in [1.807, 2.05) is 12.1 Å². The number of oxime groups is 1. The topological polar surface area (TPSA) is 122 Å². The Hall–Kier alpha value is -3.68.